The van der Waals surface area contributed by atoms with Gasteiger partial charge in [-0.05, 0) is 0 Å². The van der Waals surface area contributed by atoms with Gasteiger partial charge in [-0.3, -0.25) is 10.3 Å². The molecule has 2 saturated heterocycles. The number of rotatable bonds is 2. The highest BCUT2D eigenvalue weighted by Crippen LogP contribution is 2.64. The summed E-state index contributed by atoms with van der Waals surface area (Å²) in [6, 6.07) is -0.680. The number of aliphatic hydroxyl groups excluding tert-OH is 2. The van der Waals surface area contributed by atoms with Crippen LogP contribution in [0.2, 0.25) is 0 Å². The first-order valence-electron chi connectivity index (χ1n) is 6.00. The van der Waals surface area contributed by atoms with E-state index in [0.29, 0.717) is 5.84 Å². The molecule has 1 unspecified atom stereocenters. The lowest BCUT2D eigenvalue weighted by molar-refractivity contribution is -0.748. The fraction of sp³-hybridized carbons (Fsp3) is 0.636. The topological polar surface area (TPSA) is 91.2 Å². The quantitative estimate of drug-likeness (QED) is 0.276. The lowest BCUT2D eigenvalue weighted by Crippen LogP contribution is -2.60. The van der Waals surface area contributed by atoms with E-state index >= 15 is 4.39 Å². The number of carbonyl (C=O) groups is 1. The Morgan fingerprint density at radius 2 is 2.40 bits per heavy atom. The van der Waals surface area contributed by atoms with Gasteiger partial charge in [0.15, 0.2) is 6.10 Å². The number of aliphatic hydroxyl groups is 2. The number of alkyl halides is 2. The standard InChI is InChI=1S/C11H13ClFN3O4/c1-14-6-2-3-16(9(19)15-6)8-11(16,13)7(18)10(4-12,5-17)20-8/h2-3,7-8,17-18H,4-5H2,1H3/p+1/t7-,8-,10-,11-,16?/m1/s1. The minimum absolute atomic E-state index is 0.278. The second kappa shape index (κ2) is 3.99. The minimum atomic E-state index is -2.35. The zero-order valence-electron chi connectivity index (χ0n) is 10.6. The molecule has 0 aromatic heterocycles. The lowest BCUT2D eigenvalue weighted by atomic mass is 9.98. The van der Waals surface area contributed by atoms with Gasteiger partial charge in [0.25, 0.3) is 0 Å². The second-order valence-corrected chi connectivity index (χ2v) is 5.36. The van der Waals surface area contributed by atoms with Gasteiger partial charge in [0.2, 0.25) is 0 Å². The summed E-state index contributed by atoms with van der Waals surface area (Å²) in [5.41, 5.74) is -1.59. The molecule has 3 aliphatic rings. The molecule has 110 valence electrons. The molecule has 1 spiro atoms. The number of nitrogens with one attached hydrogen (secondary N) is 1. The van der Waals surface area contributed by atoms with E-state index in [1.165, 1.54) is 19.3 Å². The molecule has 5 atom stereocenters. The van der Waals surface area contributed by atoms with Gasteiger partial charge >= 0.3 is 18.1 Å². The normalized spacial score (nSPS) is 51.5. The van der Waals surface area contributed by atoms with E-state index < -0.39 is 40.8 Å². The third-order valence-electron chi connectivity index (χ3n) is 4.22. The number of carbonyl (C=O) groups excluding carboxylic acids is 1. The van der Waals surface area contributed by atoms with Crippen LogP contribution in [-0.4, -0.2) is 69.8 Å². The third kappa shape index (κ3) is 1.24. The summed E-state index contributed by atoms with van der Waals surface area (Å²) in [5, 5.41) is 21.9. The van der Waals surface area contributed by atoms with Gasteiger partial charge in [0.1, 0.15) is 17.6 Å². The minimum Gasteiger partial charge on any atom is -0.393 e. The molecule has 0 aromatic rings. The Hall–Kier alpha value is -1.06. The fourth-order valence-corrected chi connectivity index (χ4v) is 3.20. The van der Waals surface area contributed by atoms with Crippen molar-refractivity contribution >= 4 is 23.5 Å². The molecule has 0 aromatic carbocycles. The van der Waals surface area contributed by atoms with Crippen LogP contribution in [-0.2, 0) is 4.74 Å². The number of hydrogen-bond acceptors (Lipinski definition) is 5. The smallest absolute Gasteiger partial charge is 0.393 e. The summed E-state index contributed by atoms with van der Waals surface area (Å²) >= 11 is 5.66. The van der Waals surface area contributed by atoms with Crippen LogP contribution in [0.25, 0.3) is 0 Å². The number of amides is 2. The highest BCUT2D eigenvalue weighted by Gasteiger charge is 2.97. The molecule has 9 heteroatoms. The zero-order chi connectivity index (χ0) is 14.8. The van der Waals surface area contributed by atoms with Crippen molar-refractivity contribution in [3.05, 3.63) is 12.3 Å². The Morgan fingerprint density at radius 1 is 1.70 bits per heavy atom. The van der Waals surface area contributed by atoms with Gasteiger partial charge in [-0.25, -0.2) is 4.79 Å². The molecule has 2 fully saturated rings. The monoisotopic (exact) mass is 306 g/mol. The van der Waals surface area contributed by atoms with Gasteiger partial charge in [-0.2, -0.15) is 4.39 Å². The van der Waals surface area contributed by atoms with Crippen molar-refractivity contribution < 1.29 is 28.6 Å². The van der Waals surface area contributed by atoms with Crippen molar-refractivity contribution in [2.45, 2.75) is 23.7 Å². The number of quaternary nitrogens is 1. The van der Waals surface area contributed by atoms with Crippen molar-refractivity contribution in [1.29, 1.82) is 0 Å². The predicted molar refractivity (Wildman–Crippen MR) is 66.5 cm³/mol. The average Bonchev–Trinajstić information content (AvgIpc) is 2.87. The van der Waals surface area contributed by atoms with Crippen LogP contribution in [0, 0.1) is 0 Å². The van der Waals surface area contributed by atoms with E-state index in [9.17, 15) is 15.0 Å². The lowest BCUT2D eigenvalue weighted by Gasteiger charge is -2.33. The largest absolute Gasteiger partial charge is 0.432 e. The first-order valence-corrected chi connectivity index (χ1v) is 6.54. The fourth-order valence-electron chi connectivity index (χ4n) is 2.91. The Kier molecular flexibility index (Phi) is 2.77. The molecule has 2 amide bonds. The van der Waals surface area contributed by atoms with Crippen molar-refractivity contribution in [2.24, 2.45) is 4.99 Å². The number of ether oxygens (including phenoxy) is 1. The third-order valence-corrected chi connectivity index (χ3v) is 4.67. The molecule has 20 heavy (non-hydrogen) atoms. The summed E-state index contributed by atoms with van der Waals surface area (Å²) in [7, 11) is 1.49. The van der Waals surface area contributed by atoms with Crippen LogP contribution >= 0.6 is 11.6 Å². The van der Waals surface area contributed by atoms with Crippen molar-refractivity contribution in [1.82, 2.24) is 5.32 Å². The second-order valence-electron chi connectivity index (χ2n) is 5.09. The van der Waals surface area contributed by atoms with Gasteiger partial charge < -0.3 is 14.9 Å². The molecular formula is C11H14ClFN3O4+. The molecule has 3 aliphatic heterocycles. The number of amidine groups is 1. The molecule has 7 nitrogen and oxygen atoms in total. The maximum atomic E-state index is 15.0. The summed E-state index contributed by atoms with van der Waals surface area (Å²) in [6.45, 7) is -0.632. The number of urea groups is 1. The number of hydrogen-bond donors (Lipinski definition) is 3. The van der Waals surface area contributed by atoms with Crippen molar-refractivity contribution in [3.63, 3.8) is 0 Å². The molecule has 0 bridgehead atoms. The first-order chi connectivity index (χ1) is 9.42. The number of aliphatic imine (C=N–C) groups is 1. The number of halogens is 2. The van der Waals surface area contributed by atoms with Gasteiger partial charge in [-0.1, -0.05) is 0 Å². The van der Waals surface area contributed by atoms with E-state index in [1.54, 1.807) is 0 Å². The van der Waals surface area contributed by atoms with E-state index in [-0.39, 0.29) is 5.88 Å². The SMILES string of the molecule is CN=C1C=C[N+]2(C(=O)N1)[C@@H]1O[C@@](CO)(CCl)[C@@H](O)[C@]12F. The summed E-state index contributed by atoms with van der Waals surface area (Å²) < 4.78 is 19.6. The van der Waals surface area contributed by atoms with Crippen molar-refractivity contribution in [3.8, 4) is 0 Å². The van der Waals surface area contributed by atoms with Crippen LogP contribution in [0.1, 0.15) is 0 Å². The Bertz CT molecular complexity index is 538. The summed E-state index contributed by atoms with van der Waals surface area (Å²) in [6.07, 6.45) is -0.195. The van der Waals surface area contributed by atoms with E-state index in [4.69, 9.17) is 16.3 Å². The van der Waals surface area contributed by atoms with E-state index in [1.807, 2.05) is 0 Å². The van der Waals surface area contributed by atoms with Crippen LogP contribution in [0.4, 0.5) is 9.18 Å². The Morgan fingerprint density at radius 3 is 2.80 bits per heavy atom. The van der Waals surface area contributed by atoms with Gasteiger partial charge in [-0.15, -0.1) is 16.1 Å². The average molecular weight is 307 g/mol. The van der Waals surface area contributed by atoms with Crippen LogP contribution in [0.15, 0.2) is 17.3 Å². The summed E-state index contributed by atoms with van der Waals surface area (Å²) in [5.74, 6) is -2.33. The van der Waals surface area contributed by atoms with E-state index in [0.717, 1.165) is 0 Å². The summed E-state index contributed by atoms with van der Waals surface area (Å²) in [4.78, 5) is 15.9. The molecular weight excluding hydrogens is 293 g/mol. The Labute approximate surface area is 118 Å². The zero-order valence-corrected chi connectivity index (χ0v) is 11.3. The van der Waals surface area contributed by atoms with Crippen LogP contribution in [0.5, 0.6) is 0 Å². The molecule has 3 heterocycles. The van der Waals surface area contributed by atoms with Crippen LogP contribution < -0.4 is 5.32 Å². The van der Waals surface area contributed by atoms with Gasteiger partial charge in [0.05, 0.1) is 12.5 Å². The Balaban J connectivity index is 1.98. The molecule has 0 aliphatic carbocycles. The van der Waals surface area contributed by atoms with Crippen molar-refractivity contribution in [2.75, 3.05) is 19.5 Å². The van der Waals surface area contributed by atoms with E-state index in [2.05, 4.69) is 10.3 Å². The molecule has 3 N–H and O–H groups in total. The molecule has 3 rings (SSSR count). The number of nitrogens with zero attached hydrogens (tertiary/aromatic N) is 2. The maximum Gasteiger partial charge on any atom is 0.432 e. The van der Waals surface area contributed by atoms with Gasteiger partial charge in [0, 0.05) is 13.1 Å². The molecule has 0 saturated carbocycles. The first kappa shape index (κ1) is 13.9. The number of fused-ring (bicyclic) bond motifs is 3. The predicted octanol–water partition coefficient (Wildman–Crippen LogP) is -0.565. The van der Waals surface area contributed by atoms with Crippen LogP contribution in [0.3, 0.4) is 0 Å². The molecule has 0 radical (unpaired) electrons. The highest BCUT2D eigenvalue weighted by atomic mass is 35.5. The highest BCUT2D eigenvalue weighted by molar-refractivity contribution is 6.18. The maximum absolute atomic E-state index is 15.0.